The van der Waals surface area contributed by atoms with Crippen LogP contribution in [0.3, 0.4) is 0 Å². The quantitative estimate of drug-likeness (QED) is 0.761. The van der Waals surface area contributed by atoms with Crippen molar-refractivity contribution in [3.8, 4) is 0 Å². The maximum absolute atomic E-state index is 12.6. The Morgan fingerprint density at radius 2 is 1.43 bits per heavy atom. The number of hydrogen-bond acceptors (Lipinski definition) is 6. The fourth-order valence-electron chi connectivity index (χ4n) is 4.56. The monoisotopic (exact) mass is 380 g/mol. The number of fused-ring (bicyclic) bond motifs is 1. The molecule has 2 aliphatic rings. The zero-order valence-corrected chi connectivity index (χ0v) is 16.0. The van der Waals surface area contributed by atoms with Gasteiger partial charge in [-0.1, -0.05) is 60.7 Å². The molecule has 0 amide bonds. The molecule has 0 aromatic heterocycles. The molecule has 2 saturated heterocycles. The van der Waals surface area contributed by atoms with E-state index in [0.29, 0.717) is 13.0 Å². The third-order valence-corrected chi connectivity index (χ3v) is 5.77. The van der Waals surface area contributed by atoms with Gasteiger partial charge in [-0.15, -0.1) is 0 Å². The number of hydrogen-bond donors (Lipinski definition) is 0. The second-order valence-corrected chi connectivity index (χ2v) is 7.19. The van der Waals surface area contributed by atoms with Gasteiger partial charge in [0.05, 0.1) is 32.2 Å². The molecule has 6 nitrogen and oxygen atoms in total. The molecule has 146 valence electrons. The van der Waals surface area contributed by atoms with E-state index in [4.69, 9.17) is 9.47 Å². The topological polar surface area (TPSA) is 59.1 Å². The van der Waals surface area contributed by atoms with Crippen LogP contribution in [0.5, 0.6) is 0 Å². The van der Waals surface area contributed by atoms with Crippen LogP contribution in [0, 0.1) is 5.92 Å². The molecule has 0 spiro atoms. The van der Waals surface area contributed by atoms with Crippen molar-refractivity contribution in [3.05, 3.63) is 71.8 Å². The van der Waals surface area contributed by atoms with E-state index >= 15 is 0 Å². The molecule has 0 saturated carbocycles. The van der Waals surface area contributed by atoms with E-state index in [1.165, 1.54) is 14.2 Å². The highest BCUT2D eigenvalue weighted by Crippen LogP contribution is 2.49. The van der Waals surface area contributed by atoms with Crippen molar-refractivity contribution in [2.75, 3.05) is 20.8 Å². The van der Waals surface area contributed by atoms with Crippen molar-refractivity contribution in [1.82, 2.24) is 10.0 Å². The van der Waals surface area contributed by atoms with Gasteiger partial charge in [-0.25, -0.2) is 10.0 Å². The summed E-state index contributed by atoms with van der Waals surface area (Å²) >= 11 is 0. The van der Waals surface area contributed by atoms with E-state index in [-0.39, 0.29) is 29.9 Å². The lowest BCUT2D eigenvalue weighted by Crippen LogP contribution is -2.42. The minimum atomic E-state index is -0.449. The third-order valence-electron chi connectivity index (χ3n) is 5.77. The maximum Gasteiger partial charge on any atom is 0.324 e. The van der Waals surface area contributed by atoms with Crippen molar-refractivity contribution < 1.29 is 19.1 Å². The number of esters is 2. The first-order chi connectivity index (χ1) is 13.7. The summed E-state index contributed by atoms with van der Waals surface area (Å²) < 4.78 is 10.2. The molecular weight excluding hydrogens is 356 g/mol. The minimum absolute atomic E-state index is 0.00571. The standard InChI is InChI=1S/C22H24N2O4/c1-27-21(25)17-14-23-18(15-9-5-3-6-10-15)13-19(22(26)28-2)24(23)20(17)16-11-7-4-8-12-16/h3-12,17-20H,13-14H2,1-2H3. The highest BCUT2D eigenvalue weighted by Gasteiger charge is 2.56. The van der Waals surface area contributed by atoms with Crippen LogP contribution in [0.1, 0.15) is 29.6 Å². The lowest BCUT2D eigenvalue weighted by atomic mass is 9.91. The zero-order valence-electron chi connectivity index (χ0n) is 16.0. The average Bonchev–Trinajstić information content (AvgIpc) is 3.31. The molecule has 4 unspecified atom stereocenters. The fraction of sp³-hybridized carbons (Fsp3) is 0.364. The van der Waals surface area contributed by atoms with Gasteiger partial charge in [-0.05, 0) is 17.5 Å². The third kappa shape index (κ3) is 3.08. The van der Waals surface area contributed by atoms with Gasteiger partial charge in [0, 0.05) is 6.54 Å². The molecule has 0 N–H and O–H groups in total. The van der Waals surface area contributed by atoms with Crippen LogP contribution in [0.25, 0.3) is 0 Å². The van der Waals surface area contributed by atoms with Crippen molar-refractivity contribution in [2.24, 2.45) is 5.92 Å². The highest BCUT2D eigenvalue weighted by molar-refractivity contribution is 5.78. The van der Waals surface area contributed by atoms with E-state index in [0.717, 1.165) is 11.1 Å². The van der Waals surface area contributed by atoms with Gasteiger partial charge >= 0.3 is 11.9 Å². The Morgan fingerprint density at radius 3 is 2.00 bits per heavy atom. The lowest BCUT2D eigenvalue weighted by Gasteiger charge is -2.31. The first-order valence-electron chi connectivity index (χ1n) is 9.46. The highest BCUT2D eigenvalue weighted by atomic mass is 16.5. The van der Waals surface area contributed by atoms with E-state index in [1.807, 2.05) is 53.5 Å². The smallest absolute Gasteiger partial charge is 0.324 e. The molecule has 2 heterocycles. The van der Waals surface area contributed by atoms with Gasteiger partial charge in [0.25, 0.3) is 0 Å². The summed E-state index contributed by atoms with van der Waals surface area (Å²) in [7, 11) is 2.82. The second kappa shape index (κ2) is 7.73. The number of methoxy groups -OCH3 is 2. The molecule has 2 aromatic rings. The Hall–Kier alpha value is -2.70. The van der Waals surface area contributed by atoms with Gasteiger partial charge in [-0.3, -0.25) is 9.59 Å². The predicted octanol–water partition coefficient (Wildman–Crippen LogP) is 2.74. The largest absolute Gasteiger partial charge is 0.469 e. The molecule has 2 fully saturated rings. The number of benzene rings is 2. The number of nitrogens with zero attached hydrogens (tertiary/aromatic N) is 2. The molecule has 0 bridgehead atoms. The first-order valence-corrected chi connectivity index (χ1v) is 9.46. The van der Waals surface area contributed by atoms with Crippen LogP contribution in [0.4, 0.5) is 0 Å². The SMILES string of the molecule is COC(=O)C1CN2C(c3ccccc3)CC(C(=O)OC)N2C1c1ccccc1. The van der Waals surface area contributed by atoms with Gasteiger partial charge in [0.2, 0.25) is 0 Å². The van der Waals surface area contributed by atoms with Crippen LogP contribution in [0.2, 0.25) is 0 Å². The Kier molecular flexibility index (Phi) is 5.15. The van der Waals surface area contributed by atoms with Gasteiger partial charge < -0.3 is 9.47 Å². The summed E-state index contributed by atoms with van der Waals surface area (Å²) in [6, 6.07) is 19.2. The average molecular weight is 380 g/mol. The van der Waals surface area contributed by atoms with Gasteiger partial charge in [0.15, 0.2) is 0 Å². The Bertz CT molecular complexity index is 842. The normalized spacial score (nSPS) is 27.4. The van der Waals surface area contributed by atoms with Crippen molar-refractivity contribution >= 4 is 11.9 Å². The number of carbonyl (C=O) groups is 2. The number of ether oxygens (including phenoxy) is 2. The number of rotatable bonds is 4. The summed E-state index contributed by atoms with van der Waals surface area (Å²) in [4.78, 5) is 25.3. The summed E-state index contributed by atoms with van der Waals surface area (Å²) in [5.41, 5.74) is 2.11. The van der Waals surface area contributed by atoms with E-state index in [1.54, 1.807) is 0 Å². The molecule has 28 heavy (non-hydrogen) atoms. The summed E-state index contributed by atoms with van der Waals surface area (Å²) in [5.74, 6) is -0.931. The van der Waals surface area contributed by atoms with E-state index < -0.39 is 6.04 Å². The van der Waals surface area contributed by atoms with Crippen molar-refractivity contribution in [3.63, 3.8) is 0 Å². The first kappa shape index (κ1) is 18.7. The Labute approximate surface area is 164 Å². The Balaban J connectivity index is 1.79. The molecule has 4 rings (SSSR count). The van der Waals surface area contributed by atoms with Crippen LogP contribution >= 0.6 is 0 Å². The van der Waals surface area contributed by atoms with E-state index in [2.05, 4.69) is 17.1 Å². The molecule has 2 aromatic carbocycles. The second-order valence-electron chi connectivity index (χ2n) is 7.19. The predicted molar refractivity (Wildman–Crippen MR) is 103 cm³/mol. The number of carbonyl (C=O) groups excluding carboxylic acids is 2. The molecule has 6 heteroatoms. The fourth-order valence-corrected chi connectivity index (χ4v) is 4.56. The van der Waals surface area contributed by atoms with Crippen LogP contribution in [0.15, 0.2) is 60.7 Å². The van der Waals surface area contributed by atoms with Gasteiger partial charge in [0.1, 0.15) is 6.04 Å². The zero-order chi connectivity index (χ0) is 19.7. The lowest BCUT2D eigenvalue weighted by molar-refractivity contribution is -0.152. The minimum Gasteiger partial charge on any atom is -0.469 e. The molecule has 0 aliphatic carbocycles. The van der Waals surface area contributed by atoms with Crippen molar-refractivity contribution in [1.29, 1.82) is 0 Å². The maximum atomic E-state index is 12.6. The molecule has 4 atom stereocenters. The Morgan fingerprint density at radius 1 is 0.857 bits per heavy atom. The summed E-state index contributed by atoms with van der Waals surface area (Å²) in [5, 5.41) is 4.19. The van der Waals surface area contributed by atoms with Gasteiger partial charge in [-0.2, -0.15) is 0 Å². The number of hydrazine groups is 1. The van der Waals surface area contributed by atoms with Crippen LogP contribution in [-0.4, -0.2) is 48.8 Å². The molecule has 0 radical (unpaired) electrons. The summed E-state index contributed by atoms with van der Waals surface area (Å²) in [6.45, 7) is 0.499. The van der Waals surface area contributed by atoms with Crippen molar-refractivity contribution in [2.45, 2.75) is 24.5 Å². The summed E-state index contributed by atoms with van der Waals surface area (Å²) in [6.07, 6.45) is 0.619. The van der Waals surface area contributed by atoms with Crippen LogP contribution in [-0.2, 0) is 19.1 Å². The molecular formula is C22H24N2O4. The van der Waals surface area contributed by atoms with Crippen LogP contribution < -0.4 is 0 Å². The molecule has 2 aliphatic heterocycles. The van der Waals surface area contributed by atoms with E-state index in [9.17, 15) is 9.59 Å².